The van der Waals surface area contributed by atoms with E-state index in [4.69, 9.17) is 33.2 Å². The number of hydrogen-bond donors (Lipinski definition) is 2. The molecule has 3 fully saturated rings. The number of carbonyl (C=O) groups excluding carboxylic acids is 5. The van der Waals surface area contributed by atoms with Crippen LogP contribution in [0.5, 0.6) is 0 Å². The van der Waals surface area contributed by atoms with Crippen LogP contribution in [0.1, 0.15) is 119 Å². The van der Waals surface area contributed by atoms with E-state index in [0.717, 1.165) is 5.57 Å². The second-order valence-corrected chi connectivity index (χ2v) is 18.6. The van der Waals surface area contributed by atoms with Crippen LogP contribution in [0.15, 0.2) is 36.0 Å². The maximum absolute atomic E-state index is 14.8. The number of nitrogens with zero attached hydrogens (tertiary/aromatic N) is 1. The predicted molar refractivity (Wildman–Crippen MR) is 233 cm³/mol. The molecule has 15 atom stereocenters. The first kappa shape index (κ1) is 52.2. The molecule has 0 aromatic carbocycles. The molecule has 3 heterocycles. The quantitative estimate of drug-likeness (QED) is 0.166. The molecule has 3 aliphatic heterocycles. The summed E-state index contributed by atoms with van der Waals surface area (Å²) in [6, 6.07) is -1.15. The summed E-state index contributed by atoms with van der Waals surface area (Å²) in [5.41, 5.74) is 1.58. The Morgan fingerprint density at radius 2 is 1.56 bits per heavy atom. The number of esters is 3. The largest absolute Gasteiger partial charge is 0.462 e. The van der Waals surface area contributed by atoms with Gasteiger partial charge in [-0.25, -0.2) is 4.79 Å². The standard InChI is InChI=1S/C48H75NO14/c1-12-15-35-21-27(2)20-28(3)22-41(58-10)44-42(59-11)24-30(5)48(63-44,62-33(8)51)45(54)46(55)49-19-14-13-16-36(49)47(56)61-43(31(6)39(26-38(35)53)60-32(7)50)29(4)23-34-17-18-37(52)40(25-34)57-9/h12,21,23,28,30-31,34-37,39-45,52,54H,1,13-20,22,24-26H2,2-11H3/b27-21+,29-23?. The highest BCUT2D eigenvalue weighted by Gasteiger charge is 2.60. The average molecular weight is 890 g/mol. The van der Waals surface area contributed by atoms with Gasteiger partial charge in [-0.1, -0.05) is 44.6 Å². The summed E-state index contributed by atoms with van der Waals surface area (Å²) in [5.74, 6) is -7.48. The van der Waals surface area contributed by atoms with Gasteiger partial charge in [0, 0.05) is 65.9 Å². The van der Waals surface area contributed by atoms with Crippen LogP contribution in [-0.4, -0.2) is 133 Å². The Morgan fingerprint density at radius 1 is 0.889 bits per heavy atom. The first-order valence-corrected chi connectivity index (χ1v) is 22.8. The van der Waals surface area contributed by atoms with E-state index in [1.54, 1.807) is 27.0 Å². The number of hydrogen-bond acceptors (Lipinski definition) is 14. The minimum atomic E-state index is -2.16. The summed E-state index contributed by atoms with van der Waals surface area (Å²) < 4.78 is 42.5. The summed E-state index contributed by atoms with van der Waals surface area (Å²) in [6.45, 7) is 15.8. The van der Waals surface area contributed by atoms with Gasteiger partial charge in [0.2, 0.25) is 0 Å². The van der Waals surface area contributed by atoms with Gasteiger partial charge in [0.05, 0.1) is 24.4 Å². The van der Waals surface area contributed by atoms with Crippen molar-refractivity contribution in [2.24, 2.45) is 29.6 Å². The van der Waals surface area contributed by atoms with Gasteiger partial charge in [-0.05, 0) is 95.5 Å². The van der Waals surface area contributed by atoms with Gasteiger partial charge in [-0.3, -0.25) is 19.2 Å². The first-order chi connectivity index (χ1) is 29.8. The van der Waals surface area contributed by atoms with E-state index in [1.165, 1.54) is 33.0 Å². The number of fused-ring (bicyclic) bond motifs is 3. The van der Waals surface area contributed by atoms with E-state index >= 15 is 0 Å². The summed E-state index contributed by atoms with van der Waals surface area (Å²) in [6.07, 6.45) is 2.84. The number of carbonyl (C=O) groups is 5. The number of cyclic esters (lactones) is 1. The molecule has 15 heteroatoms. The van der Waals surface area contributed by atoms with Crippen molar-refractivity contribution in [3.8, 4) is 0 Å². The number of rotatable bonds is 9. The Kier molecular flexibility index (Phi) is 19.6. The molecule has 0 radical (unpaired) electrons. The second kappa shape index (κ2) is 23.6. The van der Waals surface area contributed by atoms with E-state index in [9.17, 15) is 34.2 Å². The Balaban J connectivity index is 1.89. The Morgan fingerprint density at radius 3 is 2.17 bits per heavy atom. The van der Waals surface area contributed by atoms with Crippen molar-refractivity contribution in [3.63, 3.8) is 0 Å². The average Bonchev–Trinajstić information content (AvgIpc) is 3.23. The van der Waals surface area contributed by atoms with Crippen LogP contribution in [0, 0.1) is 29.6 Å². The van der Waals surface area contributed by atoms with Crippen LogP contribution < -0.4 is 0 Å². The minimum absolute atomic E-state index is 0.0249. The number of Topliss-reactive ketones (excluding diaryl/α,β-unsaturated/α-hetero) is 1. The molecule has 356 valence electrons. The molecule has 2 N–H and O–H groups in total. The molecule has 1 aliphatic carbocycles. The van der Waals surface area contributed by atoms with Crippen LogP contribution in [-0.2, 0) is 57.1 Å². The summed E-state index contributed by atoms with van der Waals surface area (Å²) >= 11 is 0. The smallest absolute Gasteiger partial charge is 0.329 e. The number of ketones is 1. The number of ether oxygens (including phenoxy) is 7. The van der Waals surface area contributed by atoms with Crippen molar-refractivity contribution in [3.05, 3.63) is 36.0 Å². The summed E-state index contributed by atoms with van der Waals surface area (Å²) in [4.78, 5) is 70.7. The topological polar surface area (TPSA) is 194 Å². The molecular weight excluding hydrogens is 815 g/mol. The number of amides is 1. The zero-order chi connectivity index (χ0) is 46.8. The van der Waals surface area contributed by atoms with Crippen LogP contribution in [0.25, 0.3) is 0 Å². The lowest BCUT2D eigenvalue weighted by atomic mass is 9.81. The van der Waals surface area contributed by atoms with Gasteiger partial charge in [0.1, 0.15) is 30.1 Å². The fourth-order valence-electron chi connectivity index (χ4n) is 10.3. The molecule has 15 nitrogen and oxygen atoms in total. The maximum atomic E-state index is 14.8. The zero-order valence-electron chi connectivity index (χ0n) is 39.2. The molecular formula is C48H75NO14. The van der Waals surface area contributed by atoms with Crippen LogP contribution in [0.4, 0.5) is 0 Å². The third kappa shape index (κ3) is 13.1. The lowest BCUT2D eigenvalue weighted by molar-refractivity contribution is -0.349. The molecule has 4 aliphatic rings. The van der Waals surface area contributed by atoms with E-state index in [-0.39, 0.29) is 49.5 Å². The second-order valence-electron chi connectivity index (χ2n) is 18.6. The lowest BCUT2D eigenvalue weighted by Gasteiger charge is -2.51. The third-order valence-corrected chi connectivity index (χ3v) is 13.6. The summed E-state index contributed by atoms with van der Waals surface area (Å²) in [7, 11) is 4.63. The molecule has 0 aromatic rings. The van der Waals surface area contributed by atoms with Crippen LogP contribution >= 0.6 is 0 Å². The molecule has 1 saturated carbocycles. The lowest BCUT2D eigenvalue weighted by Crippen LogP contribution is -2.67. The fourth-order valence-corrected chi connectivity index (χ4v) is 10.3. The monoisotopic (exact) mass is 890 g/mol. The summed E-state index contributed by atoms with van der Waals surface area (Å²) in [5, 5.41) is 22.8. The molecule has 4 rings (SSSR count). The van der Waals surface area contributed by atoms with Crippen LogP contribution in [0.2, 0.25) is 0 Å². The molecule has 2 bridgehead atoms. The molecule has 2 saturated heterocycles. The predicted octanol–water partition coefficient (Wildman–Crippen LogP) is 5.57. The van der Waals surface area contributed by atoms with Crippen LogP contribution in [0.3, 0.4) is 0 Å². The number of methoxy groups -OCH3 is 3. The molecule has 63 heavy (non-hydrogen) atoms. The number of aliphatic hydroxyl groups excluding tert-OH is 2. The van der Waals surface area contributed by atoms with Crippen molar-refractivity contribution < 1.29 is 67.3 Å². The van der Waals surface area contributed by atoms with E-state index in [0.29, 0.717) is 56.9 Å². The Labute approximate surface area is 374 Å². The van der Waals surface area contributed by atoms with E-state index in [1.807, 2.05) is 32.9 Å². The van der Waals surface area contributed by atoms with Crippen molar-refractivity contribution >= 4 is 29.6 Å². The maximum Gasteiger partial charge on any atom is 0.329 e. The normalized spacial score (nSPS) is 39.1. The SMILES string of the molecule is C=CCC1/C=C(\C)CC(C)CC(OC)C2OC(OC(C)=O)(C(C)CC2OC)C(O)C(=O)N2CCCCC2C(=O)OC(C(C)=CC2CCC(O)C(OC)C2)C(C)C(OC(C)=O)CC1=O. The highest BCUT2D eigenvalue weighted by Crippen LogP contribution is 2.43. The first-order valence-electron chi connectivity index (χ1n) is 22.8. The van der Waals surface area contributed by atoms with Crippen molar-refractivity contribution in [1.29, 1.82) is 0 Å². The molecule has 15 unspecified atom stereocenters. The number of allylic oxidation sites excluding steroid dienone is 4. The van der Waals surface area contributed by atoms with Crippen molar-refractivity contribution in [1.82, 2.24) is 4.90 Å². The van der Waals surface area contributed by atoms with Gasteiger partial charge in [-0.2, -0.15) is 0 Å². The third-order valence-electron chi connectivity index (χ3n) is 13.6. The number of piperidine rings is 1. The highest BCUT2D eigenvalue weighted by molar-refractivity contribution is 5.88. The number of aliphatic hydroxyl groups is 2. The molecule has 0 spiro atoms. The molecule has 0 aromatic heterocycles. The zero-order valence-corrected chi connectivity index (χ0v) is 39.2. The van der Waals surface area contributed by atoms with E-state index in [2.05, 4.69) is 6.58 Å². The van der Waals surface area contributed by atoms with E-state index < -0.39 is 96.1 Å². The fraction of sp³-hybridized carbons (Fsp3) is 0.771. The Hall–Kier alpha value is -3.47. The molecule has 1 amide bonds. The highest BCUT2D eigenvalue weighted by atomic mass is 16.7. The van der Waals surface area contributed by atoms with Gasteiger partial charge in [0.15, 0.2) is 6.10 Å². The van der Waals surface area contributed by atoms with Gasteiger partial charge >= 0.3 is 17.9 Å². The van der Waals surface area contributed by atoms with Crippen molar-refractivity contribution in [2.45, 2.75) is 180 Å². The van der Waals surface area contributed by atoms with Gasteiger partial charge in [-0.15, -0.1) is 6.58 Å². The van der Waals surface area contributed by atoms with Crippen molar-refractivity contribution in [2.75, 3.05) is 27.9 Å². The van der Waals surface area contributed by atoms with Gasteiger partial charge in [0.25, 0.3) is 11.7 Å². The Bertz CT molecular complexity index is 1660. The van der Waals surface area contributed by atoms with Gasteiger partial charge < -0.3 is 48.3 Å². The minimum Gasteiger partial charge on any atom is -0.462 e.